The summed E-state index contributed by atoms with van der Waals surface area (Å²) in [5.41, 5.74) is -0.584. The van der Waals surface area contributed by atoms with Crippen LogP contribution in [0.5, 0.6) is 5.75 Å². The number of hydrogen-bond acceptors (Lipinski definition) is 2. The Morgan fingerprint density at radius 2 is 1.50 bits per heavy atom. The predicted octanol–water partition coefficient (Wildman–Crippen LogP) is 5.73. The second-order valence-corrected chi connectivity index (χ2v) is 5.44. The first kappa shape index (κ1) is 17.7. The number of carbonyl (C=O) groups excluding carboxylic acids is 1. The van der Waals surface area contributed by atoms with Crippen molar-refractivity contribution in [3.05, 3.63) is 89.7 Å². The zero-order valence-corrected chi connectivity index (χ0v) is 13.3. The van der Waals surface area contributed by atoms with E-state index in [1.165, 1.54) is 6.07 Å². The van der Waals surface area contributed by atoms with Gasteiger partial charge in [0.2, 0.25) is 0 Å². The monoisotopic (exact) mass is 360 g/mol. The van der Waals surface area contributed by atoms with Crippen LogP contribution in [0.2, 0.25) is 0 Å². The van der Waals surface area contributed by atoms with Crippen LogP contribution in [0.1, 0.15) is 15.9 Å². The van der Waals surface area contributed by atoms with Gasteiger partial charge < -0.3 is 4.74 Å². The third-order valence-corrected chi connectivity index (χ3v) is 3.69. The molecule has 0 aliphatic heterocycles. The van der Waals surface area contributed by atoms with E-state index in [1.54, 1.807) is 42.5 Å². The molecule has 3 rings (SSSR count). The van der Waals surface area contributed by atoms with E-state index in [1.807, 2.05) is 6.07 Å². The smallest absolute Gasteiger partial charge is 0.416 e. The van der Waals surface area contributed by atoms with Gasteiger partial charge in [-0.3, -0.25) is 0 Å². The number of carbonyl (C=O) groups is 1. The van der Waals surface area contributed by atoms with Gasteiger partial charge in [0.15, 0.2) is 0 Å². The lowest BCUT2D eigenvalue weighted by Gasteiger charge is -2.12. The molecule has 3 aromatic carbocycles. The first-order valence-electron chi connectivity index (χ1n) is 7.59. The van der Waals surface area contributed by atoms with Gasteiger partial charge in [0.1, 0.15) is 11.6 Å². The molecule has 0 atom stereocenters. The highest BCUT2D eigenvalue weighted by Gasteiger charge is 2.32. The molecule has 0 fully saturated rings. The lowest BCUT2D eigenvalue weighted by atomic mass is 10.0. The van der Waals surface area contributed by atoms with Gasteiger partial charge in [0.25, 0.3) is 0 Å². The fraction of sp³-hybridized carbons (Fsp3) is 0.0500. The van der Waals surface area contributed by atoms with Gasteiger partial charge in [-0.25, -0.2) is 9.18 Å². The molecular formula is C20H12F4O2. The third kappa shape index (κ3) is 3.74. The fourth-order valence-electron chi connectivity index (χ4n) is 2.42. The molecule has 3 aromatic rings. The van der Waals surface area contributed by atoms with Crippen LogP contribution in [0, 0.1) is 5.82 Å². The number of para-hydroxylation sites is 1. The molecule has 0 amide bonds. The summed E-state index contributed by atoms with van der Waals surface area (Å²) in [5.74, 6) is -2.15. The molecule has 0 radical (unpaired) electrons. The zero-order chi connectivity index (χ0) is 18.7. The first-order chi connectivity index (χ1) is 12.4. The van der Waals surface area contributed by atoms with Crippen molar-refractivity contribution in [1.82, 2.24) is 0 Å². The van der Waals surface area contributed by atoms with E-state index in [0.29, 0.717) is 23.8 Å². The lowest BCUT2D eigenvalue weighted by molar-refractivity contribution is -0.137. The molecule has 2 nitrogen and oxygen atoms in total. The summed E-state index contributed by atoms with van der Waals surface area (Å²) in [6.07, 6.45) is -4.69. The van der Waals surface area contributed by atoms with Crippen molar-refractivity contribution in [2.24, 2.45) is 0 Å². The van der Waals surface area contributed by atoms with Crippen molar-refractivity contribution in [2.45, 2.75) is 6.18 Å². The van der Waals surface area contributed by atoms with E-state index in [4.69, 9.17) is 4.74 Å². The average molecular weight is 360 g/mol. The maximum absolute atomic E-state index is 13.9. The second kappa shape index (κ2) is 7.00. The minimum atomic E-state index is -4.69. The maximum Gasteiger partial charge on any atom is 0.416 e. The van der Waals surface area contributed by atoms with Gasteiger partial charge in [-0.2, -0.15) is 13.2 Å². The lowest BCUT2D eigenvalue weighted by Crippen LogP contribution is -2.14. The van der Waals surface area contributed by atoms with Crippen molar-refractivity contribution in [3.63, 3.8) is 0 Å². The van der Waals surface area contributed by atoms with E-state index in [2.05, 4.69) is 0 Å². The van der Waals surface area contributed by atoms with Crippen molar-refractivity contribution in [3.8, 4) is 16.9 Å². The van der Waals surface area contributed by atoms with Crippen LogP contribution < -0.4 is 4.74 Å². The summed E-state index contributed by atoms with van der Waals surface area (Å²) in [6.45, 7) is 0. The van der Waals surface area contributed by atoms with Gasteiger partial charge >= 0.3 is 12.1 Å². The van der Waals surface area contributed by atoms with Gasteiger partial charge in [0, 0.05) is 5.56 Å². The number of halogens is 4. The van der Waals surface area contributed by atoms with Gasteiger partial charge in [-0.1, -0.05) is 48.5 Å². The van der Waals surface area contributed by atoms with E-state index in [9.17, 15) is 22.4 Å². The number of esters is 1. The van der Waals surface area contributed by atoms with E-state index >= 15 is 0 Å². The minimum Gasteiger partial charge on any atom is -0.422 e. The van der Waals surface area contributed by atoms with E-state index in [0.717, 1.165) is 5.56 Å². The molecule has 0 aromatic heterocycles. The van der Waals surface area contributed by atoms with Gasteiger partial charge in [-0.15, -0.1) is 0 Å². The zero-order valence-electron chi connectivity index (χ0n) is 13.3. The number of benzene rings is 3. The SMILES string of the molecule is O=C(Oc1ccccc1-c1ccccc1)c1cc(C(F)(F)F)ccc1F. The number of ether oxygens (including phenoxy) is 1. The molecule has 0 N–H and O–H groups in total. The topological polar surface area (TPSA) is 26.3 Å². The summed E-state index contributed by atoms with van der Waals surface area (Å²) >= 11 is 0. The van der Waals surface area contributed by atoms with Crippen molar-refractivity contribution < 1.29 is 27.1 Å². The van der Waals surface area contributed by atoms with Crippen molar-refractivity contribution >= 4 is 5.97 Å². The molecule has 0 heterocycles. The van der Waals surface area contributed by atoms with Crippen LogP contribution in [-0.4, -0.2) is 5.97 Å². The molecule has 132 valence electrons. The van der Waals surface area contributed by atoms with Crippen molar-refractivity contribution in [2.75, 3.05) is 0 Å². The Balaban J connectivity index is 1.95. The summed E-state index contributed by atoms with van der Waals surface area (Å²) in [6, 6.07) is 17.1. The molecule has 0 unspecified atom stereocenters. The normalized spacial score (nSPS) is 11.2. The van der Waals surface area contributed by atoms with Crippen LogP contribution >= 0.6 is 0 Å². The molecule has 0 aliphatic rings. The molecule has 0 bridgehead atoms. The molecule has 0 aliphatic carbocycles. The number of rotatable bonds is 3. The summed E-state index contributed by atoms with van der Waals surface area (Å²) in [4.78, 5) is 12.3. The summed E-state index contributed by atoms with van der Waals surface area (Å²) in [5, 5.41) is 0. The van der Waals surface area contributed by atoms with E-state index < -0.39 is 29.1 Å². The largest absolute Gasteiger partial charge is 0.422 e. The van der Waals surface area contributed by atoms with E-state index in [-0.39, 0.29) is 5.75 Å². The third-order valence-electron chi connectivity index (χ3n) is 3.69. The molecule has 26 heavy (non-hydrogen) atoms. The predicted molar refractivity (Wildman–Crippen MR) is 88.2 cm³/mol. The maximum atomic E-state index is 13.9. The first-order valence-corrected chi connectivity index (χ1v) is 7.59. The van der Waals surface area contributed by atoms with Crippen molar-refractivity contribution in [1.29, 1.82) is 0 Å². The Bertz CT molecular complexity index is 934. The van der Waals surface area contributed by atoms with Crippen LogP contribution in [0.15, 0.2) is 72.8 Å². The Morgan fingerprint density at radius 1 is 0.846 bits per heavy atom. The number of hydrogen-bond donors (Lipinski definition) is 0. The number of alkyl halides is 3. The standard InChI is InChI=1S/C20H12F4O2/c21-17-11-10-14(20(22,23)24)12-16(17)19(25)26-18-9-5-4-8-15(18)13-6-2-1-3-7-13/h1-12H. The molecule has 0 spiro atoms. The average Bonchev–Trinajstić information content (AvgIpc) is 2.62. The fourth-order valence-corrected chi connectivity index (χ4v) is 2.42. The van der Waals surface area contributed by atoms with Crippen LogP contribution in [0.4, 0.5) is 17.6 Å². The minimum absolute atomic E-state index is 0.125. The van der Waals surface area contributed by atoms with Crippen LogP contribution in [0.25, 0.3) is 11.1 Å². The quantitative estimate of drug-likeness (QED) is 0.339. The summed E-state index contributed by atoms with van der Waals surface area (Å²) < 4.78 is 57.5. The Labute approximate surface area is 146 Å². The van der Waals surface area contributed by atoms with Crippen LogP contribution in [0.3, 0.4) is 0 Å². The molecule has 0 saturated carbocycles. The highest BCUT2D eigenvalue weighted by atomic mass is 19.4. The van der Waals surface area contributed by atoms with Gasteiger partial charge in [0.05, 0.1) is 11.1 Å². The highest BCUT2D eigenvalue weighted by molar-refractivity contribution is 5.92. The molecule has 0 saturated heterocycles. The Hall–Kier alpha value is -3.15. The summed E-state index contributed by atoms with van der Waals surface area (Å²) in [7, 11) is 0. The highest BCUT2D eigenvalue weighted by Crippen LogP contribution is 2.32. The Kier molecular flexibility index (Phi) is 4.75. The van der Waals surface area contributed by atoms with Crippen LogP contribution in [-0.2, 0) is 6.18 Å². The Morgan fingerprint density at radius 3 is 2.19 bits per heavy atom. The molecule has 6 heteroatoms. The second-order valence-electron chi connectivity index (χ2n) is 5.44. The van der Waals surface area contributed by atoms with Gasteiger partial charge in [-0.05, 0) is 29.8 Å². The molecular weight excluding hydrogens is 348 g/mol.